The molecule has 6 nitrogen and oxygen atoms in total. The molecule has 0 atom stereocenters. The van der Waals surface area contributed by atoms with Gasteiger partial charge in [-0.25, -0.2) is 0 Å². The highest BCUT2D eigenvalue weighted by molar-refractivity contribution is 6.35. The second-order valence-electron chi connectivity index (χ2n) is 6.86. The molecule has 0 spiro atoms. The van der Waals surface area contributed by atoms with E-state index in [2.05, 4.69) is 22.1 Å². The average molecular weight is 399 g/mol. The number of halogens is 1. The van der Waals surface area contributed by atoms with Gasteiger partial charge in [0.25, 0.3) is 0 Å². The molecule has 1 fully saturated rings. The number of methoxy groups -OCH3 is 1. The fraction of sp³-hybridized carbons (Fsp3) is 0.333. The number of aromatic nitrogens is 2. The van der Waals surface area contributed by atoms with Gasteiger partial charge in [-0.15, -0.1) is 0 Å². The number of hydrogen-bond donors (Lipinski definition) is 0. The Morgan fingerprint density at radius 2 is 1.86 bits per heavy atom. The van der Waals surface area contributed by atoms with Crippen molar-refractivity contribution in [3.63, 3.8) is 0 Å². The van der Waals surface area contributed by atoms with Crippen molar-refractivity contribution >= 4 is 34.1 Å². The summed E-state index contributed by atoms with van der Waals surface area (Å²) < 4.78 is 7.06. The van der Waals surface area contributed by atoms with Crippen LogP contribution in [-0.2, 0) is 11.3 Å². The van der Waals surface area contributed by atoms with Gasteiger partial charge < -0.3 is 14.5 Å². The Labute approximate surface area is 169 Å². The summed E-state index contributed by atoms with van der Waals surface area (Å²) in [6.07, 6.45) is 2.20. The fourth-order valence-electron chi connectivity index (χ4n) is 3.61. The van der Waals surface area contributed by atoms with Crippen LogP contribution in [-0.4, -0.2) is 53.9 Å². The molecule has 0 unspecified atom stereocenters. The summed E-state index contributed by atoms with van der Waals surface area (Å²) in [5.41, 5.74) is 2.12. The van der Waals surface area contributed by atoms with E-state index in [0.29, 0.717) is 18.0 Å². The average Bonchev–Trinajstić information content (AvgIpc) is 3.17. The van der Waals surface area contributed by atoms with Crippen molar-refractivity contribution in [2.24, 2.45) is 0 Å². The van der Waals surface area contributed by atoms with Crippen molar-refractivity contribution in [3.05, 3.63) is 53.7 Å². The van der Waals surface area contributed by atoms with Crippen molar-refractivity contribution in [2.45, 2.75) is 13.0 Å². The van der Waals surface area contributed by atoms with Gasteiger partial charge in [0.1, 0.15) is 5.75 Å². The highest BCUT2D eigenvalue weighted by Crippen LogP contribution is 2.23. The molecule has 0 bridgehead atoms. The molecule has 1 saturated heterocycles. The van der Waals surface area contributed by atoms with Gasteiger partial charge in [0, 0.05) is 43.7 Å². The second-order valence-corrected chi connectivity index (χ2v) is 7.26. The van der Waals surface area contributed by atoms with E-state index >= 15 is 0 Å². The van der Waals surface area contributed by atoms with Crippen molar-refractivity contribution in [2.75, 3.05) is 38.2 Å². The second kappa shape index (κ2) is 8.10. The molecule has 1 aliphatic heterocycles. The normalized spacial score (nSPS) is 14.5. The van der Waals surface area contributed by atoms with Gasteiger partial charge in [0.05, 0.1) is 30.4 Å². The molecule has 3 aromatic rings. The zero-order chi connectivity index (χ0) is 19.5. The predicted octanol–water partition coefficient (Wildman–Crippen LogP) is 3.44. The summed E-state index contributed by atoms with van der Waals surface area (Å²) in [7, 11) is 1.67. The number of fused-ring (bicyclic) bond motifs is 1. The molecular formula is C21H23ClN4O2. The van der Waals surface area contributed by atoms with Crippen molar-refractivity contribution < 1.29 is 9.53 Å². The molecule has 0 saturated carbocycles. The SMILES string of the molecule is COc1ccc(N2CCN(C(=O)CCn3ncc4c(Cl)cccc43)CC2)cc1. The first-order chi connectivity index (χ1) is 13.7. The predicted molar refractivity (Wildman–Crippen MR) is 111 cm³/mol. The van der Waals surface area contributed by atoms with E-state index in [1.165, 1.54) is 0 Å². The van der Waals surface area contributed by atoms with E-state index in [9.17, 15) is 4.79 Å². The van der Waals surface area contributed by atoms with Gasteiger partial charge in [0.15, 0.2) is 0 Å². The molecule has 1 aliphatic rings. The molecule has 4 rings (SSSR count). The van der Waals surface area contributed by atoms with Gasteiger partial charge in [-0.3, -0.25) is 9.48 Å². The van der Waals surface area contributed by atoms with Gasteiger partial charge in [-0.1, -0.05) is 17.7 Å². The van der Waals surface area contributed by atoms with Crippen LogP contribution >= 0.6 is 11.6 Å². The molecular weight excluding hydrogens is 376 g/mol. The number of rotatable bonds is 5. The van der Waals surface area contributed by atoms with E-state index in [1.807, 2.05) is 39.9 Å². The van der Waals surface area contributed by atoms with E-state index in [-0.39, 0.29) is 5.91 Å². The summed E-state index contributed by atoms with van der Waals surface area (Å²) in [5, 5.41) is 5.99. The zero-order valence-corrected chi connectivity index (χ0v) is 16.6. The third-order valence-corrected chi connectivity index (χ3v) is 5.57. The minimum atomic E-state index is 0.167. The van der Waals surface area contributed by atoms with Crippen molar-refractivity contribution in [1.82, 2.24) is 14.7 Å². The van der Waals surface area contributed by atoms with Crippen LogP contribution in [0.2, 0.25) is 5.02 Å². The lowest BCUT2D eigenvalue weighted by Gasteiger charge is -2.36. The molecule has 0 aliphatic carbocycles. The minimum absolute atomic E-state index is 0.167. The Morgan fingerprint density at radius 3 is 2.57 bits per heavy atom. The Kier molecular flexibility index (Phi) is 5.39. The maximum Gasteiger partial charge on any atom is 0.224 e. The van der Waals surface area contributed by atoms with E-state index in [1.54, 1.807) is 13.3 Å². The number of piperazine rings is 1. The molecule has 0 N–H and O–H groups in total. The topological polar surface area (TPSA) is 50.6 Å². The Hall–Kier alpha value is -2.73. The van der Waals surface area contributed by atoms with Crippen LogP contribution in [0.4, 0.5) is 5.69 Å². The molecule has 146 valence electrons. The third kappa shape index (κ3) is 3.78. The Balaban J connectivity index is 1.32. The van der Waals surface area contributed by atoms with Crippen LogP contribution in [0.5, 0.6) is 5.75 Å². The van der Waals surface area contributed by atoms with Crippen LogP contribution in [0, 0.1) is 0 Å². The van der Waals surface area contributed by atoms with Crippen LogP contribution in [0.25, 0.3) is 10.9 Å². The summed E-state index contributed by atoms with van der Waals surface area (Å²) in [4.78, 5) is 16.9. The number of benzene rings is 2. The number of nitrogens with zero attached hydrogens (tertiary/aromatic N) is 4. The maximum absolute atomic E-state index is 12.6. The van der Waals surface area contributed by atoms with Gasteiger partial charge in [-0.05, 0) is 36.4 Å². The molecule has 1 amide bonds. The lowest BCUT2D eigenvalue weighted by atomic mass is 10.2. The first-order valence-corrected chi connectivity index (χ1v) is 9.80. The number of carbonyl (C=O) groups excluding carboxylic acids is 1. The highest BCUT2D eigenvalue weighted by atomic mass is 35.5. The Morgan fingerprint density at radius 1 is 1.11 bits per heavy atom. The van der Waals surface area contributed by atoms with E-state index in [4.69, 9.17) is 16.3 Å². The van der Waals surface area contributed by atoms with E-state index in [0.717, 1.165) is 48.5 Å². The van der Waals surface area contributed by atoms with Crippen LogP contribution in [0.1, 0.15) is 6.42 Å². The molecule has 2 aromatic carbocycles. The molecule has 2 heterocycles. The Bertz CT molecular complexity index is 962. The standard InChI is InChI=1S/C21H23ClN4O2/c1-28-17-7-5-16(6-8-17)24-11-13-25(14-12-24)21(27)9-10-26-20-4-2-3-19(22)18(20)15-23-26/h2-8,15H,9-14H2,1H3. The van der Waals surface area contributed by atoms with Gasteiger partial charge >= 0.3 is 0 Å². The number of hydrogen-bond acceptors (Lipinski definition) is 4. The summed E-state index contributed by atoms with van der Waals surface area (Å²) >= 11 is 6.20. The molecule has 1 aromatic heterocycles. The van der Waals surface area contributed by atoms with Crippen molar-refractivity contribution in [1.29, 1.82) is 0 Å². The first kappa shape index (κ1) is 18.6. The summed E-state index contributed by atoms with van der Waals surface area (Å²) in [6.45, 7) is 3.69. The number of ether oxygens (including phenoxy) is 1. The third-order valence-electron chi connectivity index (χ3n) is 5.24. The molecule has 28 heavy (non-hydrogen) atoms. The van der Waals surface area contributed by atoms with E-state index < -0.39 is 0 Å². The van der Waals surface area contributed by atoms with Gasteiger partial charge in [0.2, 0.25) is 5.91 Å². The first-order valence-electron chi connectivity index (χ1n) is 9.42. The van der Waals surface area contributed by atoms with Gasteiger partial charge in [-0.2, -0.15) is 5.10 Å². The quantitative estimate of drug-likeness (QED) is 0.660. The monoisotopic (exact) mass is 398 g/mol. The highest BCUT2D eigenvalue weighted by Gasteiger charge is 2.21. The largest absolute Gasteiger partial charge is 0.497 e. The minimum Gasteiger partial charge on any atom is -0.497 e. The number of amides is 1. The summed E-state index contributed by atoms with van der Waals surface area (Å²) in [6, 6.07) is 13.8. The molecule has 0 radical (unpaired) electrons. The lowest BCUT2D eigenvalue weighted by molar-refractivity contribution is -0.131. The number of anilines is 1. The lowest BCUT2D eigenvalue weighted by Crippen LogP contribution is -2.49. The zero-order valence-electron chi connectivity index (χ0n) is 15.8. The van der Waals surface area contributed by atoms with Crippen LogP contribution < -0.4 is 9.64 Å². The summed E-state index contributed by atoms with van der Waals surface area (Å²) in [5.74, 6) is 1.02. The van der Waals surface area contributed by atoms with Crippen LogP contribution in [0.15, 0.2) is 48.7 Å². The number of carbonyl (C=O) groups is 1. The van der Waals surface area contributed by atoms with Crippen LogP contribution in [0.3, 0.4) is 0 Å². The maximum atomic E-state index is 12.6. The smallest absolute Gasteiger partial charge is 0.224 e. The fourth-order valence-corrected chi connectivity index (χ4v) is 3.83. The number of aryl methyl sites for hydroxylation is 1. The van der Waals surface area contributed by atoms with Crippen molar-refractivity contribution in [3.8, 4) is 5.75 Å². The molecule has 7 heteroatoms.